The second kappa shape index (κ2) is 8.89. The highest BCUT2D eigenvalue weighted by atomic mass is 32.1. The lowest BCUT2D eigenvalue weighted by Gasteiger charge is -2.26. The molecule has 1 aliphatic rings. The van der Waals surface area contributed by atoms with Crippen LogP contribution < -0.4 is 10.2 Å². The third-order valence-corrected chi connectivity index (χ3v) is 5.23. The third-order valence-electron chi connectivity index (χ3n) is 4.73. The second-order valence-corrected chi connectivity index (χ2v) is 7.22. The van der Waals surface area contributed by atoms with Crippen LogP contribution in [-0.4, -0.2) is 34.0 Å². The Bertz CT molecular complexity index is 742. The van der Waals surface area contributed by atoms with E-state index in [4.69, 9.17) is 0 Å². The van der Waals surface area contributed by atoms with Crippen LogP contribution in [0.2, 0.25) is 0 Å². The van der Waals surface area contributed by atoms with Gasteiger partial charge in [-0.25, -0.2) is 0 Å². The summed E-state index contributed by atoms with van der Waals surface area (Å²) in [5, 5.41) is 8.56. The molecule has 1 fully saturated rings. The van der Waals surface area contributed by atoms with Crippen molar-refractivity contribution in [3.63, 3.8) is 0 Å². The molecule has 26 heavy (non-hydrogen) atoms. The highest BCUT2D eigenvalue weighted by Crippen LogP contribution is 2.20. The lowest BCUT2D eigenvalue weighted by atomic mass is 9.95. The Kier molecular flexibility index (Phi) is 6.33. The molecule has 6 nitrogen and oxygen atoms in total. The molecule has 0 saturated heterocycles. The Labute approximate surface area is 157 Å². The van der Waals surface area contributed by atoms with Crippen LogP contribution in [0.5, 0.6) is 0 Å². The zero-order chi connectivity index (χ0) is 18.4. The molecular formula is C19H24N4O2S. The Morgan fingerprint density at radius 1 is 1.27 bits per heavy atom. The van der Waals surface area contributed by atoms with Crippen LogP contribution in [0.3, 0.4) is 0 Å². The van der Waals surface area contributed by atoms with Gasteiger partial charge in [-0.05, 0) is 48.5 Å². The van der Waals surface area contributed by atoms with Gasteiger partial charge in [0.15, 0.2) is 5.69 Å². The topological polar surface area (TPSA) is 75.2 Å². The number of amides is 2. The Balaban J connectivity index is 1.78. The number of nitrogens with one attached hydrogen (secondary N) is 1. The van der Waals surface area contributed by atoms with E-state index in [1.807, 2.05) is 24.3 Å². The highest BCUT2D eigenvalue weighted by Gasteiger charge is 2.24. The Hall–Kier alpha value is -2.28. The van der Waals surface area contributed by atoms with Crippen molar-refractivity contribution in [1.82, 2.24) is 14.9 Å². The van der Waals surface area contributed by atoms with Crippen LogP contribution in [0.25, 0.3) is 0 Å². The van der Waals surface area contributed by atoms with Gasteiger partial charge in [0.25, 0.3) is 5.91 Å². The molecule has 138 valence electrons. The number of rotatable bonds is 6. The van der Waals surface area contributed by atoms with Crippen molar-refractivity contribution in [2.75, 3.05) is 11.4 Å². The molecule has 0 aliphatic heterocycles. The zero-order valence-corrected chi connectivity index (χ0v) is 15.8. The van der Waals surface area contributed by atoms with E-state index in [0.717, 1.165) is 49.2 Å². The van der Waals surface area contributed by atoms with Crippen molar-refractivity contribution in [1.29, 1.82) is 0 Å². The van der Waals surface area contributed by atoms with Crippen LogP contribution >= 0.6 is 11.5 Å². The summed E-state index contributed by atoms with van der Waals surface area (Å²) in [6.45, 7) is 2.05. The molecule has 1 saturated carbocycles. The molecule has 0 radical (unpaired) electrons. The average molecular weight is 372 g/mol. The van der Waals surface area contributed by atoms with E-state index in [2.05, 4.69) is 21.8 Å². The predicted octanol–water partition coefficient (Wildman–Crippen LogP) is 3.20. The van der Waals surface area contributed by atoms with E-state index in [1.165, 1.54) is 11.3 Å². The molecule has 0 bridgehead atoms. The minimum Gasteiger partial charge on any atom is -0.352 e. The summed E-state index contributed by atoms with van der Waals surface area (Å²) >= 11 is 1.13. The van der Waals surface area contributed by atoms with Crippen LogP contribution in [0.1, 0.15) is 55.1 Å². The summed E-state index contributed by atoms with van der Waals surface area (Å²) in [6, 6.07) is 7.94. The first kappa shape index (κ1) is 18.5. The van der Waals surface area contributed by atoms with Gasteiger partial charge in [-0.3, -0.25) is 14.5 Å². The molecule has 1 aromatic carbocycles. The summed E-state index contributed by atoms with van der Waals surface area (Å²) in [6.07, 6.45) is 6.43. The lowest BCUT2D eigenvalue weighted by molar-refractivity contribution is -0.120. The van der Waals surface area contributed by atoms with Crippen molar-refractivity contribution >= 4 is 29.0 Å². The highest BCUT2D eigenvalue weighted by molar-refractivity contribution is 7.03. The minimum atomic E-state index is -0.300. The van der Waals surface area contributed by atoms with Gasteiger partial charge in [-0.2, -0.15) is 0 Å². The first-order valence-corrected chi connectivity index (χ1v) is 9.98. The molecule has 1 aliphatic carbocycles. The van der Waals surface area contributed by atoms with Gasteiger partial charge in [0, 0.05) is 17.1 Å². The molecule has 3 rings (SSSR count). The van der Waals surface area contributed by atoms with E-state index in [0.29, 0.717) is 5.69 Å². The summed E-state index contributed by atoms with van der Waals surface area (Å²) in [4.78, 5) is 27.0. The predicted molar refractivity (Wildman–Crippen MR) is 102 cm³/mol. The fraction of sp³-hybridized carbons (Fsp3) is 0.474. The Morgan fingerprint density at radius 3 is 2.77 bits per heavy atom. The van der Waals surface area contributed by atoms with Gasteiger partial charge in [-0.15, -0.1) is 5.10 Å². The average Bonchev–Trinajstić information content (AvgIpc) is 3.21. The monoisotopic (exact) mass is 372 g/mol. The number of benzene rings is 1. The molecule has 0 atom stereocenters. The summed E-state index contributed by atoms with van der Waals surface area (Å²) in [7, 11) is 0. The van der Waals surface area contributed by atoms with Crippen LogP contribution in [0, 0.1) is 0 Å². The van der Waals surface area contributed by atoms with E-state index >= 15 is 0 Å². The van der Waals surface area contributed by atoms with Crippen LogP contribution in [0.15, 0.2) is 29.6 Å². The standard InChI is InChI=1S/C19H24N4O2S/c1-2-14-7-6-10-16(11-14)23(19(25)17-13-26-22-21-17)12-18(24)20-15-8-4-3-5-9-15/h6-7,10-11,13,15H,2-5,8-9,12H2,1H3,(H,20,24). The van der Waals surface area contributed by atoms with Gasteiger partial charge >= 0.3 is 0 Å². The smallest absolute Gasteiger partial charge is 0.280 e. The van der Waals surface area contributed by atoms with Gasteiger partial charge in [-0.1, -0.05) is 42.8 Å². The molecule has 2 amide bonds. The molecule has 0 unspecified atom stereocenters. The van der Waals surface area contributed by atoms with Gasteiger partial charge < -0.3 is 5.32 Å². The fourth-order valence-corrected chi connectivity index (χ4v) is 3.71. The number of hydrogen-bond donors (Lipinski definition) is 1. The summed E-state index contributed by atoms with van der Waals surface area (Å²) < 4.78 is 3.77. The quantitative estimate of drug-likeness (QED) is 0.845. The van der Waals surface area contributed by atoms with E-state index < -0.39 is 0 Å². The molecule has 2 aromatic rings. The molecule has 1 heterocycles. The van der Waals surface area contributed by atoms with Crippen LogP contribution in [-0.2, 0) is 11.2 Å². The molecular weight excluding hydrogens is 348 g/mol. The number of carbonyl (C=O) groups excluding carboxylic acids is 2. The van der Waals surface area contributed by atoms with Crippen molar-refractivity contribution in [3.8, 4) is 0 Å². The van der Waals surface area contributed by atoms with Crippen LogP contribution in [0.4, 0.5) is 5.69 Å². The molecule has 1 aromatic heterocycles. The molecule has 0 spiro atoms. The second-order valence-electron chi connectivity index (χ2n) is 6.61. The first-order valence-electron chi connectivity index (χ1n) is 9.14. The minimum absolute atomic E-state index is 0.0139. The third kappa shape index (κ3) is 4.66. The van der Waals surface area contributed by atoms with E-state index in [-0.39, 0.29) is 30.1 Å². The fourth-order valence-electron chi connectivity index (χ4n) is 3.28. The molecule has 1 N–H and O–H groups in total. The summed E-state index contributed by atoms with van der Waals surface area (Å²) in [5.41, 5.74) is 2.09. The number of aromatic nitrogens is 2. The maximum absolute atomic E-state index is 12.9. The number of hydrogen-bond acceptors (Lipinski definition) is 5. The van der Waals surface area contributed by atoms with Gasteiger partial charge in [0.2, 0.25) is 5.91 Å². The SMILES string of the molecule is CCc1cccc(N(CC(=O)NC2CCCCC2)C(=O)c2csnn2)c1. The number of anilines is 1. The normalized spacial score (nSPS) is 14.8. The van der Waals surface area contributed by atoms with Crippen molar-refractivity contribution in [2.24, 2.45) is 0 Å². The largest absolute Gasteiger partial charge is 0.352 e. The zero-order valence-electron chi connectivity index (χ0n) is 15.0. The van der Waals surface area contributed by atoms with Gasteiger partial charge in [0.05, 0.1) is 0 Å². The van der Waals surface area contributed by atoms with Crippen molar-refractivity contribution < 1.29 is 9.59 Å². The number of nitrogens with zero attached hydrogens (tertiary/aromatic N) is 3. The van der Waals surface area contributed by atoms with E-state index in [9.17, 15) is 9.59 Å². The van der Waals surface area contributed by atoms with Crippen molar-refractivity contribution in [2.45, 2.75) is 51.5 Å². The lowest BCUT2D eigenvalue weighted by Crippen LogP contribution is -2.45. The maximum Gasteiger partial charge on any atom is 0.280 e. The Morgan fingerprint density at radius 2 is 2.08 bits per heavy atom. The number of aryl methyl sites for hydroxylation is 1. The van der Waals surface area contributed by atoms with Crippen molar-refractivity contribution in [3.05, 3.63) is 40.9 Å². The number of carbonyl (C=O) groups is 2. The first-order chi connectivity index (χ1) is 12.7. The maximum atomic E-state index is 12.9. The van der Waals surface area contributed by atoms with Gasteiger partial charge in [0.1, 0.15) is 6.54 Å². The van der Waals surface area contributed by atoms with E-state index in [1.54, 1.807) is 5.38 Å². The summed E-state index contributed by atoms with van der Waals surface area (Å²) in [5.74, 6) is -0.430. The molecule has 7 heteroatoms.